The third-order valence-corrected chi connectivity index (χ3v) is 3.28. The van der Waals surface area contributed by atoms with Crippen LogP contribution in [0.15, 0.2) is 24.3 Å². The topological polar surface area (TPSA) is 58.6 Å². The summed E-state index contributed by atoms with van der Waals surface area (Å²) in [5.74, 6) is -0.345. The van der Waals surface area contributed by atoms with E-state index in [1.807, 2.05) is 12.1 Å². The molecule has 0 amide bonds. The Kier molecular flexibility index (Phi) is 3.33. The number of anilines is 1. The normalized spacial score (nSPS) is 16.4. The Balaban J connectivity index is 2.07. The maximum Gasteiger partial charge on any atom is 0.339 e. The molecule has 4 nitrogen and oxygen atoms in total. The first-order valence-electron chi connectivity index (χ1n) is 5.73. The highest BCUT2D eigenvalue weighted by Crippen LogP contribution is 2.45. The number of hydrogen-bond donors (Lipinski definition) is 2. The van der Waals surface area contributed by atoms with Crippen molar-refractivity contribution in [3.05, 3.63) is 29.8 Å². The summed E-state index contributed by atoms with van der Waals surface area (Å²) in [6.45, 7) is 0.887. The van der Waals surface area contributed by atoms with Crippen LogP contribution in [0.2, 0.25) is 0 Å². The second-order valence-electron chi connectivity index (χ2n) is 4.55. The number of methoxy groups -OCH3 is 1. The van der Waals surface area contributed by atoms with Crippen molar-refractivity contribution in [1.82, 2.24) is 0 Å². The number of hydrogen-bond acceptors (Lipinski definition) is 4. The van der Waals surface area contributed by atoms with Gasteiger partial charge < -0.3 is 15.2 Å². The van der Waals surface area contributed by atoms with Gasteiger partial charge in [0.2, 0.25) is 0 Å². The van der Waals surface area contributed by atoms with Crippen molar-refractivity contribution >= 4 is 11.7 Å². The van der Waals surface area contributed by atoms with Crippen molar-refractivity contribution in [3.63, 3.8) is 0 Å². The van der Waals surface area contributed by atoms with Crippen LogP contribution in [-0.2, 0) is 4.74 Å². The maximum atomic E-state index is 11.5. The monoisotopic (exact) mass is 235 g/mol. The molecule has 0 spiro atoms. The van der Waals surface area contributed by atoms with Gasteiger partial charge in [-0.2, -0.15) is 0 Å². The average Bonchev–Trinajstić information content (AvgIpc) is 3.16. The van der Waals surface area contributed by atoms with E-state index in [4.69, 9.17) is 4.74 Å². The van der Waals surface area contributed by atoms with Crippen molar-refractivity contribution in [1.29, 1.82) is 0 Å². The van der Waals surface area contributed by atoms with Gasteiger partial charge in [0.05, 0.1) is 19.3 Å². The summed E-state index contributed by atoms with van der Waals surface area (Å²) in [7, 11) is 1.37. The van der Waals surface area contributed by atoms with Crippen molar-refractivity contribution < 1.29 is 14.6 Å². The van der Waals surface area contributed by atoms with Gasteiger partial charge in [-0.05, 0) is 25.0 Å². The Bertz CT molecular complexity index is 413. The largest absolute Gasteiger partial charge is 0.465 e. The molecule has 1 aromatic rings. The summed E-state index contributed by atoms with van der Waals surface area (Å²) in [4.78, 5) is 11.5. The van der Waals surface area contributed by atoms with Crippen molar-refractivity contribution in [3.8, 4) is 0 Å². The van der Waals surface area contributed by atoms with Crippen LogP contribution < -0.4 is 5.32 Å². The van der Waals surface area contributed by atoms with Crippen LogP contribution in [0.1, 0.15) is 23.2 Å². The van der Waals surface area contributed by atoms with Crippen molar-refractivity contribution in [2.45, 2.75) is 12.8 Å². The van der Waals surface area contributed by atoms with Crippen LogP contribution in [0, 0.1) is 5.41 Å². The Morgan fingerprint density at radius 2 is 2.18 bits per heavy atom. The SMILES string of the molecule is COC(=O)c1ccccc1NCC1(CO)CC1. The summed E-state index contributed by atoms with van der Waals surface area (Å²) >= 11 is 0. The fraction of sp³-hybridized carbons (Fsp3) is 0.462. The number of para-hydroxylation sites is 1. The third-order valence-electron chi connectivity index (χ3n) is 3.28. The van der Waals surface area contributed by atoms with E-state index in [0.29, 0.717) is 12.1 Å². The molecular formula is C13H17NO3. The van der Waals surface area contributed by atoms with E-state index in [0.717, 1.165) is 18.5 Å². The maximum absolute atomic E-state index is 11.5. The van der Waals surface area contributed by atoms with E-state index in [2.05, 4.69) is 5.32 Å². The average molecular weight is 235 g/mol. The summed E-state index contributed by atoms with van der Waals surface area (Å²) in [5, 5.41) is 12.4. The molecule has 1 aliphatic rings. The van der Waals surface area contributed by atoms with E-state index in [9.17, 15) is 9.90 Å². The first kappa shape index (κ1) is 11.9. The molecule has 2 rings (SSSR count). The molecule has 0 bridgehead atoms. The molecule has 0 aromatic heterocycles. The number of aliphatic hydroxyl groups excluding tert-OH is 1. The predicted octanol–water partition coefficient (Wildman–Crippen LogP) is 1.66. The van der Waals surface area contributed by atoms with E-state index in [1.165, 1.54) is 7.11 Å². The highest BCUT2D eigenvalue weighted by molar-refractivity contribution is 5.95. The van der Waals surface area contributed by atoms with Crippen molar-refractivity contribution in [2.24, 2.45) is 5.41 Å². The zero-order valence-electron chi connectivity index (χ0n) is 9.90. The molecule has 1 fully saturated rings. The number of rotatable bonds is 5. The quantitative estimate of drug-likeness (QED) is 0.762. The lowest BCUT2D eigenvalue weighted by molar-refractivity contribution is 0.0602. The van der Waals surface area contributed by atoms with Gasteiger partial charge in [-0.25, -0.2) is 4.79 Å². The first-order valence-corrected chi connectivity index (χ1v) is 5.73. The van der Waals surface area contributed by atoms with Crippen LogP contribution in [0.5, 0.6) is 0 Å². The number of esters is 1. The minimum atomic E-state index is -0.345. The second-order valence-corrected chi connectivity index (χ2v) is 4.55. The van der Waals surface area contributed by atoms with Crippen LogP contribution in [0.3, 0.4) is 0 Å². The minimum Gasteiger partial charge on any atom is -0.465 e. The number of benzene rings is 1. The minimum absolute atomic E-state index is 0.0171. The molecule has 4 heteroatoms. The molecular weight excluding hydrogens is 218 g/mol. The van der Waals surface area contributed by atoms with Gasteiger partial charge in [-0.3, -0.25) is 0 Å². The van der Waals surface area contributed by atoms with Gasteiger partial charge in [0.25, 0.3) is 0 Å². The number of aliphatic hydroxyl groups is 1. The Morgan fingerprint density at radius 3 is 2.76 bits per heavy atom. The second kappa shape index (κ2) is 4.75. The summed E-state index contributed by atoms with van der Waals surface area (Å²) < 4.78 is 4.72. The molecule has 0 heterocycles. The van der Waals surface area contributed by atoms with Crippen molar-refractivity contribution in [2.75, 3.05) is 25.6 Å². The molecule has 1 aromatic carbocycles. The highest BCUT2D eigenvalue weighted by atomic mass is 16.5. The Morgan fingerprint density at radius 1 is 1.47 bits per heavy atom. The Labute approximate surface area is 101 Å². The lowest BCUT2D eigenvalue weighted by atomic mass is 10.1. The number of carbonyl (C=O) groups excluding carboxylic acids is 1. The molecule has 2 N–H and O–H groups in total. The lowest BCUT2D eigenvalue weighted by Crippen LogP contribution is -2.20. The van der Waals surface area contributed by atoms with Crippen LogP contribution >= 0.6 is 0 Å². The molecule has 1 aliphatic carbocycles. The molecule has 1 saturated carbocycles. The van der Waals surface area contributed by atoms with E-state index in [1.54, 1.807) is 12.1 Å². The fourth-order valence-corrected chi connectivity index (χ4v) is 1.78. The zero-order chi connectivity index (χ0) is 12.3. The zero-order valence-corrected chi connectivity index (χ0v) is 9.90. The molecule has 0 saturated heterocycles. The molecule has 0 unspecified atom stereocenters. The molecule has 92 valence electrons. The summed E-state index contributed by atoms with van der Waals surface area (Å²) in [6.07, 6.45) is 2.08. The van der Waals surface area contributed by atoms with Crippen LogP contribution in [-0.4, -0.2) is 31.3 Å². The fourth-order valence-electron chi connectivity index (χ4n) is 1.78. The standard InChI is InChI=1S/C13H17NO3/c1-17-12(16)10-4-2-3-5-11(10)14-8-13(9-15)6-7-13/h2-5,14-15H,6-9H2,1H3. The Hall–Kier alpha value is -1.55. The molecule has 0 aliphatic heterocycles. The lowest BCUT2D eigenvalue weighted by Gasteiger charge is -2.15. The van der Waals surface area contributed by atoms with Gasteiger partial charge in [0.1, 0.15) is 0 Å². The highest BCUT2D eigenvalue weighted by Gasteiger charge is 2.41. The van der Waals surface area contributed by atoms with E-state index < -0.39 is 0 Å². The number of nitrogens with one attached hydrogen (secondary N) is 1. The smallest absolute Gasteiger partial charge is 0.339 e. The number of carbonyl (C=O) groups is 1. The molecule has 0 radical (unpaired) electrons. The van der Waals surface area contributed by atoms with Gasteiger partial charge >= 0.3 is 5.97 Å². The van der Waals surface area contributed by atoms with Gasteiger partial charge in [0.15, 0.2) is 0 Å². The van der Waals surface area contributed by atoms with Gasteiger partial charge in [0, 0.05) is 17.6 Å². The third kappa shape index (κ3) is 2.58. The van der Waals surface area contributed by atoms with Crippen LogP contribution in [0.25, 0.3) is 0 Å². The first-order chi connectivity index (χ1) is 8.21. The molecule has 17 heavy (non-hydrogen) atoms. The predicted molar refractivity (Wildman–Crippen MR) is 65.0 cm³/mol. The van der Waals surface area contributed by atoms with E-state index >= 15 is 0 Å². The van der Waals surface area contributed by atoms with Gasteiger partial charge in [-0.15, -0.1) is 0 Å². The number of ether oxygens (including phenoxy) is 1. The molecule has 0 atom stereocenters. The van der Waals surface area contributed by atoms with E-state index in [-0.39, 0.29) is 18.0 Å². The summed E-state index contributed by atoms with van der Waals surface area (Å²) in [6, 6.07) is 7.25. The van der Waals surface area contributed by atoms with Gasteiger partial charge in [-0.1, -0.05) is 12.1 Å². The van der Waals surface area contributed by atoms with Crippen LogP contribution in [0.4, 0.5) is 5.69 Å². The summed E-state index contributed by atoms with van der Waals surface area (Å²) in [5.41, 5.74) is 1.31.